The molecule has 0 saturated heterocycles. The maximum Gasteiger partial charge on any atom is 0.0219 e. The Morgan fingerprint density at radius 2 is 2.00 bits per heavy atom. The number of thiophene rings is 1. The number of fused-ring (bicyclic) bond motifs is 1. The quantitative estimate of drug-likeness (QED) is 0.859. The molecule has 0 atom stereocenters. The maximum absolute atomic E-state index is 3.67. The molecule has 1 nitrogen and oxygen atoms in total. The van der Waals surface area contributed by atoms with Crippen LogP contribution in [0.5, 0.6) is 0 Å². The van der Waals surface area contributed by atoms with Crippen molar-refractivity contribution in [2.45, 2.75) is 71.4 Å². The van der Waals surface area contributed by atoms with Crippen molar-refractivity contribution in [1.82, 2.24) is 5.32 Å². The third-order valence-electron chi connectivity index (χ3n) is 4.33. The minimum Gasteiger partial charge on any atom is -0.310 e. The number of hydrogen-bond donors (Lipinski definition) is 1. The normalized spacial score (nSPS) is 24.9. The summed E-state index contributed by atoms with van der Waals surface area (Å²) in [6, 6.07) is 0.810. The fraction of sp³-hybridized carbons (Fsp3) is 0.750. The van der Waals surface area contributed by atoms with Crippen molar-refractivity contribution in [3.63, 3.8) is 0 Å². The molecule has 0 spiro atoms. The van der Waals surface area contributed by atoms with Crippen LogP contribution in [-0.2, 0) is 18.4 Å². The molecular formula is C16H25NS. The van der Waals surface area contributed by atoms with Gasteiger partial charge < -0.3 is 5.32 Å². The summed E-state index contributed by atoms with van der Waals surface area (Å²) in [5.41, 5.74) is 4.04. The third kappa shape index (κ3) is 2.37. The van der Waals surface area contributed by atoms with E-state index in [0.29, 0.717) is 10.8 Å². The second kappa shape index (κ2) is 4.08. The van der Waals surface area contributed by atoms with E-state index >= 15 is 0 Å². The van der Waals surface area contributed by atoms with Gasteiger partial charge in [0.25, 0.3) is 0 Å². The lowest BCUT2D eigenvalue weighted by Crippen LogP contribution is -2.34. The van der Waals surface area contributed by atoms with Gasteiger partial charge in [-0.3, -0.25) is 0 Å². The lowest BCUT2D eigenvalue weighted by Gasteiger charge is -2.41. The van der Waals surface area contributed by atoms with Crippen molar-refractivity contribution < 1.29 is 0 Å². The molecule has 0 bridgehead atoms. The standard InChI is InChI=1S/C16H25NS/c1-15(2)7-13-11(8-17-12-5-6-12)9-18-14(13)16(3,4)10-15/h9,12,17H,5-8,10H2,1-4H3. The zero-order chi connectivity index (χ0) is 13.0. The van der Waals surface area contributed by atoms with E-state index in [-0.39, 0.29) is 0 Å². The Balaban J connectivity index is 1.88. The number of rotatable bonds is 3. The van der Waals surface area contributed by atoms with Gasteiger partial charge in [0, 0.05) is 17.5 Å². The monoisotopic (exact) mass is 263 g/mol. The first-order valence-electron chi connectivity index (χ1n) is 7.20. The lowest BCUT2D eigenvalue weighted by atomic mass is 9.65. The smallest absolute Gasteiger partial charge is 0.0219 e. The Kier molecular flexibility index (Phi) is 2.87. The van der Waals surface area contributed by atoms with Crippen LogP contribution in [0.1, 0.15) is 63.0 Å². The van der Waals surface area contributed by atoms with Crippen LogP contribution in [0.4, 0.5) is 0 Å². The summed E-state index contributed by atoms with van der Waals surface area (Å²) >= 11 is 1.99. The van der Waals surface area contributed by atoms with Crippen LogP contribution in [0.3, 0.4) is 0 Å². The van der Waals surface area contributed by atoms with E-state index in [1.807, 2.05) is 11.3 Å². The van der Waals surface area contributed by atoms with Crippen molar-refractivity contribution in [3.05, 3.63) is 21.4 Å². The summed E-state index contributed by atoms with van der Waals surface area (Å²) in [5.74, 6) is 0. The van der Waals surface area contributed by atoms with Crippen LogP contribution in [-0.4, -0.2) is 6.04 Å². The largest absolute Gasteiger partial charge is 0.310 e. The molecular weight excluding hydrogens is 238 g/mol. The molecule has 2 aliphatic rings. The highest BCUT2D eigenvalue weighted by atomic mass is 32.1. The van der Waals surface area contributed by atoms with Crippen molar-refractivity contribution in [1.29, 1.82) is 0 Å². The average molecular weight is 263 g/mol. The molecule has 100 valence electrons. The van der Waals surface area contributed by atoms with Gasteiger partial charge in [0.05, 0.1) is 0 Å². The lowest BCUT2D eigenvalue weighted by molar-refractivity contribution is 0.235. The summed E-state index contributed by atoms with van der Waals surface area (Å²) in [6.45, 7) is 10.8. The first-order chi connectivity index (χ1) is 8.37. The SMILES string of the molecule is CC1(C)Cc2c(CNC3CC3)csc2C(C)(C)C1. The molecule has 0 aromatic carbocycles. The zero-order valence-corrected chi connectivity index (χ0v) is 12.9. The van der Waals surface area contributed by atoms with E-state index in [0.717, 1.165) is 12.6 Å². The Bertz CT molecular complexity index is 452. The van der Waals surface area contributed by atoms with Gasteiger partial charge in [0.15, 0.2) is 0 Å². The predicted octanol–water partition coefficient (Wildman–Crippen LogP) is 4.25. The molecule has 18 heavy (non-hydrogen) atoms. The molecule has 2 heteroatoms. The Morgan fingerprint density at radius 3 is 2.67 bits per heavy atom. The fourth-order valence-electron chi connectivity index (χ4n) is 3.69. The molecule has 0 unspecified atom stereocenters. The average Bonchev–Trinajstić information content (AvgIpc) is 2.95. The fourth-order valence-corrected chi connectivity index (χ4v) is 4.91. The molecule has 0 radical (unpaired) electrons. The molecule has 1 aromatic heterocycles. The molecule has 3 rings (SSSR count). The van der Waals surface area contributed by atoms with Gasteiger partial charge in [-0.05, 0) is 53.0 Å². The minimum absolute atomic E-state index is 0.361. The summed E-state index contributed by atoms with van der Waals surface area (Å²) in [4.78, 5) is 1.65. The van der Waals surface area contributed by atoms with E-state index in [2.05, 4.69) is 38.4 Å². The van der Waals surface area contributed by atoms with Gasteiger partial charge in [0.1, 0.15) is 0 Å². The van der Waals surface area contributed by atoms with E-state index in [9.17, 15) is 0 Å². The van der Waals surface area contributed by atoms with E-state index in [1.54, 1.807) is 16.0 Å². The highest BCUT2D eigenvalue weighted by Crippen LogP contribution is 2.49. The van der Waals surface area contributed by atoms with Crippen LogP contribution in [0.25, 0.3) is 0 Å². The van der Waals surface area contributed by atoms with E-state index < -0.39 is 0 Å². The van der Waals surface area contributed by atoms with Crippen LogP contribution >= 0.6 is 11.3 Å². The Morgan fingerprint density at radius 1 is 1.28 bits per heavy atom. The first-order valence-corrected chi connectivity index (χ1v) is 8.08. The second-order valence-electron chi connectivity index (χ2n) is 7.63. The van der Waals surface area contributed by atoms with Crippen LogP contribution in [0.15, 0.2) is 5.38 Å². The molecule has 2 aliphatic carbocycles. The summed E-state index contributed by atoms with van der Waals surface area (Å²) in [5, 5.41) is 6.08. The van der Waals surface area contributed by atoms with Gasteiger partial charge in [0.2, 0.25) is 0 Å². The van der Waals surface area contributed by atoms with Gasteiger partial charge in [-0.1, -0.05) is 27.7 Å². The van der Waals surface area contributed by atoms with Gasteiger partial charge in [-0.25, -0.2) is 0 Å². The van der Waals surface area contributed by atoms with Gasteiger partial charge >= 0.3 is 0 Å². The van der Waals surface area contributed by atoms with E-state index in [4.69, 9.17) is 0 Å². The maximum atomic E-state index is 3.67. The topological polar surface area (TPSA) is 12.0 Å². The zero-order valence-electron chi connectivity index (χ0n) is 12.1. The molecule has 1 saturated carbocycles. The van der Waals surface area contributed by atoms with Crippen LogP contribution in [0.2, 0.25) is 0 Å². The van der Waals surface area contributed by atoms with Crippen LogP contribution < -0.4 is 5.32 Å². The van der Waals surface area contributed by atoms with Crippen molar-refractivity contribution in [2.75, 3.05) is 0 Å². The highest BCUT2D eigenvalue weighted by Gasteiger charge is 2.39. The Hall–Kier alpha value is -0.340. The molecule has 1 aromatic rings. The molecule has 1 N–H and O–H groups in total. The number of nitrogens with one attached hydrogen (secondary N) is 1. The molecule has 0 aliphatic heterocycles. The third-order valence-corrected chi connectivity index (χ3v) is 5.77. The Labute approximate surface area is 115 Å². The summed E-state index contributed by atoms with van der Waals surface area (Å²) in [7, 11) is 0. The first kappa shape index (κ1) is 12.7. The number of hydrogen-bond acceptors (Lipinski definition) is 2. The molecule has 1 fully saturated rings. The van der Waals surface area contributed by atoms with Gasteiger partial charge in [-0.15, -0.1) is 11.3 Å². The second-order valence-corrected chi connectivity index (χ2v) is 8.51. The molecule has 1 heterocycles. The predicted molar refractivity (Wildman–Crippen MR) is 79.3 cm³/mol. The minimum atomic E-state index is 0.361. The van der Waals surface area contributed by atoms with Gasteiger partial charge in [-0.2, -0.15) is 0 Å². The van der Waals surface area contributed by atoms with Crippen molar-refractivity contribution >= 4 is 11.3 Å². The summed E-state index contributed by atoms with van der Waals surface area (Å²) < 4.78 is 0. The van der Waals surface area contributed by atoms with Crippen LogP contribution in [0, 0.1) is 5.41 Å². The van der Waals surface area contributed by atoms with E-state index in [1.165, 1.54) is 25.7 Å². The summed E-state index contributed by atoms with van der Waals surface area (Å²) in [6.07, 6.45) is 5.33. The van der Waals surface area contributed by atoms with Crippen molar-refractivity contribution in [3.8, 4) is 0 Å². The molecule has 0 amide bonds. The van der Waals surface area contributed by atoms with Crippen molar-refractivity contribution in [2.24, 2.45) is 5.41 Å². The highest BCUT2D eigenvalue weighted by molar-refractivity contribution is 7.10.